The summed E-state index contributed by atoms with van der Waals surface area (Å²) in [4.78, 5) is 34.6. The lowest BCUT2D eigenvalue weighted by molar-refractivity contribution is -0.159. The SMILES string of the molecule is COc1ccc(CN2CCN(C(=O)c3ccco3)CC2)cc1OC.O=C(O)C(=O)O. The maximum atomic E-state index is 12.3. The summed E-state index contributed by atoms with van der Waals surface area (Å²) in [5.41, 5.74) is 1.17. The van der Waals surface area contributed by atoms with Gasteiger partial charge in [-0.1, -0.05) is 6.07 Å². The number of furan rings is 1. The van der Waals surface area contributed by atoms with Crippen LogP contribution in [0.15, 0.2) is 41.0 Å². The molecule has 2 heterocycles. The monoisotopic (exact) mass is 420 g/mol. The first kappa shape index (κ1) is 22.8. The van der Waals surface area contributed by atoms with Crippen LogP contribution in [0.5, 0.6) is 11.5 Å². The van der Waals surface area contributed by atoms with E-state index in [1.165, 1.54) is 11.8 Å². The molecule has 1 aliphatic heterocycles. The van der Waals surface area contributed by atoms with Crippen LogP contribution in [0.3, 0.4) is 0 Å². The molecule has 0 unspecified atom stereocenters. The van der Waals surface area contributed by atoms with Gasteiger partial charge in [-0.05, 0) is 29.8 Å². The van der Waals surface area contributed by atoms with Crippen LogP contribution in [-0.4, -0.2) is 78.3 Å². The van der Waals surface area contributed by atoms with Gasteiger partial charge in [0.1, 0.15) is 0 Å². The highest BCUT2D eigenvalue weighted by Crippen LogP contribution is 2.28. The smallest absolute Gasteiger partial charge is 0.414 e. The van der Waals surface area contributed by atoms with Crippen LogP contribution in [0, 0.1) is 0 Å². The molecule has 0 radical (unpaired) electrons. The molecule has 1 saturated heterocycles. The Bertz CT molecular complexity index is 846. The summed E-state index contributed by atoms with van der Waals surface area (Å²) in [6, 6.07) is 9.41. The van der Waals surface area contributed by atoms with Gasteiger partial charge in [-0.25, -0.2) is 9.59 Å². The number of benzene rings is 1. The average molecular weight is 420 g/mol. The number of nitrogens with zero attached hydrogens (tertiary/aromatic N) is 2. The standard InChI is InChI=1S/C18H22N2O4.C2H2O4/c1-22-15-6-5-14(12-17(15)23-2)13-19-7-9-20(10-8-19)18(21)16-4-3-11-24-16;3-1(4)2(5)6/h3-6,11-12H,7-10,13H2,1-2H3;(H,3,4)(H,5,6). The topological polar surface area (TPSA) is 130 Å². The van der Waals surface area contributed by atoms with Gasteiger partial charge in [0.05, 0.1) is 20.5 Å². The number of aliphatic carboxylic acids is 2. The summed E-state index contributed by atoms with van der Waals surface area (Å²) in [6.07, 6.45) is 1.53. The van der Waals surface area contributed by atoms with E-state index >= 15 is 0 Å². The van der Waals surface area contributed by atoms with Crippen LogP contribution < -0.4 is 9.47 Å². The van der Waals surface area contributed by atoms with Gasteiger partial charge in [0.15, 0.2) is 17.3 Å². The Hall–Kier alpha value is -3.53. The van der Waals surface area contributed by atoms with Gasteiger partial charge in [-0.2, -0.15) is 0 Å². The van der Waals surface area contributed by atoms with E-state index in [2.05, 4.69) is 4.90 Å². The first-order chi connectivity index (χ1) is 14.3. The van der Waals surface area contributed by atoms with Gasteiger partial charge < -0.3 is 29.0 Å². The molecule has 0 aliphatic carbocycles. The highest BCUT2D eigenvalue weighted by atomic mass is 16.5. The molecule has 1 fully saturated rings. The lowest BCUT2D eigenvalue weighted by Gasteiger charge is -2.34. The van der Waals surface area contributed by atoms with E-state index in [4.69, 9.17) is 33.7 Å². The van der Waals surface area contributed by atoms with Crippen LogP contribution in [0.25, 0.3) is 0 Å². The van der Waals surface area contributed by atoms with E-state index in [1.54, 1.807) is 26.4 Å². The molecule has 30 heavy (non-hydrogen) atoms. The number of rotatable bonds is 5. The molecular weight excluding hydrogens is 396 g/mol. The van der Waals surface area contributed by atoms with Crippen molar-refractivity contribution in [2.24, 2.45) is 0 Å². The molecule has 0 spiro atoms. The van der Waals surface area contributed by atoms with E-state index in [-0.39, 0.29) is 5.91 Å². The Labute approximate surface area is 173 Å². The number of carboxylic acids is 2. The maximum absolute atomic E-state index is 12.3. The van der Waals surface area contributed by atoms with Gasteiger partial charge in [-0.3, -0.25) is 9.69 Å². The van der Waals surface area contributed by atoms with Crippen LogP contribution >= 0.6 is 0 Å². The number of ether oxygens (including phenoxy) is 2. The highest BCUT2D eigenvalue weighted by molar-refractivity contribution is 6.27. The molecular formula is C20H24N2O8. The summed E-state index contributed by atoms with van der Waals surface area (Å²) in [6.45, 7) is 3.89. The predicted molar refractivity (Wildman–Crippen MR) is 105 cm³/mol. The molecule has 10 nitrogen and oxygen atoms in total. The first-order valence-electron chi connectivity index (χ1n) is 9.08. The van der Waals surface area contributed by atoms with Crippen molar-refractivity contribution >= 4 is 17.8 Å². The third kappa shape index (κ3) is 6.24. The minimum Gasteiger partial charge on any atom is -0.493 e. The molecule has 10 heteroatoms. The minimum absolute atomic E-state index is 0.0363. The molecule has 1 aliphatic rings. The number of hydrogen-bond acceptors (Lipinski definition) is 7. The second-order valence-corrected chi connectivity index (χ2v) is 6.35. The summed E-state index contributed by atoms with van der Waals surface area (Å²) < 4.78 is 15.8. The summed E-state index contributed by atoms with van der Waals surface area (Å²) >= 11 is 0. The van der Waals surface area contributed by atoms with Crippen LogP contribution in [0.4, 0.5) is 0 Å². The fourth-order valence-corrected chi connectivity index (χ4v) is 2.90. The minimum atomic E-state index is -1.82. The zero-order valence-corrected chi connectivity index (χ0v) is 16.7. The van der Waals surface area contributed by atoms with Crippen molar-refractivity contribution in [3.05, 3.63) is 47.9 Å². The number of carbonyl (C=O) groups is 3. The Morgan fingerprint density at radius 1 is 0.967 bits per heavy atom. The van der Waals surface area contributed by atoms with Crippen molar-refractivity contribution in [3.8, 4) is 11.5 Å². The second kappa shape index (κ2) is 10.9. The summed E-state index contributed by atoms with van der Waals surface area (Å²) in [7, 11) is 3.27. The van der Waals surface area contributed by atoms with Crippen LogP contribution in [0.1, 0.15) is 16.1 Å². The van der Waals surface area contributed by atoms with Crippen molar-refractivity contribution in [1.82, 2.24) is 9.80 Å². The van der Waals surface area contributed by atoms with E-state index in [0.717, 1.165) is 31.1 Å². The van der Waals surface area contributed by atoms with E-state index in [0.29, 0.717) is 18.8 Å². The first-order valence-corrected chi connectivity index (χ1v) is 9.08. The fourth-order valence-electron chi connectivity index (χ4n) is 2.90. The summed E-state index contributed by atoms with van der Waals surface area (Å²) in [5, 5.41) is 14.8. The van der Waals surface area contributed by atoms with Crippen molar-refractivity contribution in [2.45, 2.75) is 6.54 Å². The van der Waals surface area contributed by atoms with Crippen LogP contribution in [0.2, 0.25) is 0 Å². The lowest BCUT2D eigenvalue weighted by atomic mass is 10.1. The average Bonchev–Trinajstić information content (AvgIpc) is 3.29. The van der Waals surface area contributed by atoms with Crippen molar-refractivity contribution in [1.29, 1.82) is 0 Å². The quantitative estimate of drug-likeness (QED) is 0.690. The molecule has 0 saturated carbocycles. The summed E-state index contributed by atoms with van der Waals surface area (Å²) in [5.74, 6) is -1.81. The third-order valence-electron chi connectivity index (χ3n) is 4.43. The van der Waals surface area contributed by atoms with Gasteiger partial charge >= 0.3 is 11.9 Å². The molecule has 2 aromatic rings. The Morgan fingerprint density at radius 2 is 1.60 bits per heavy atom. The number of amides is 1. The molecule has 3 rings (SSSR count). The second-order valence-electron chi connectivity index (χ2n) is 6.35. The Balaban J connectivity index is 0.000000469. The van der Waals surface area contributed by atoms with Gasteiger partial charge in [-0.15, -0.1) is 0 Å². The normalized spacial score (nSPS) is 13.7. The Morgan fingerprint density at radius 3 is 2.10 bits per heavy atom. The molecule has 162 valence electrons. The Kier molecular flexibility index (Phi) is 8.24. The zero-order valence-electron chi connectivity index (χ0n) is 16.7. The number of piperazine rings is 1. The largest absolute Gasteiger partial charge is 0.493 e. The third-order valence-corrected chi connectivity index (χ3v) is 4.43. The molecule has 2 N–H and O–H groups in total. The van der Waals surface area contributed by atoms with Crippen molar-refractivity contribution < 1.29 is 38.5 Å². The molecule has 1 aromatic carbocycles. The molecule has 1 amide bonds. The number of carboxylic acid groups (broad SMARTS) is 2. The highest BCUT2D eigenvalue weighted by Gasteiger charge is 2.23. The molecule has 0 atom stereocenters. The van der Waals surface area contributed by atoms with Gasteiger partial charge in [0.25, 0.3) is 5.91 Å². The van der Waals surface area contributed by atoms with Gasteiger partial charge in [0, 0.05) is 32.7 Å². The number of methoxy groups -OCH3 is 2. The zero-order chi connectivity index (χ0) is 22.1. The van der Waals surface area contributed by atoms with Gasteiger partial charge in [0.2, 0.25) is 0 Å². The van der Waals surface area contributed by atoms with Crippen LogP contribution in [-0.2, 0) is 16.1 Å². The number of carbonyl (C=O) groups excluding carboxylic acids is 1. The van der Waals surface area contributed by atoms with E-state index in [1.807, 2.05) is 23.1 Å². The lowest BCUT2D eigenvalue weighted by Crippen LogP contribution is -2.48. The molecule has 1 aromatic heterocycles. The molecule has 0 bridgehead atoms. The van der Waals surface area contributed by atoms with Crippen molar-refractivity contribution in [3.63, 3.8) is 0 Å². The fraction of sp³-hybridized carbons (Fsp3) is 0.350. The predicted octanol–water partition coefficient (Wildman–Crippen LogP) is 1.41. The maximum Gasteiger partial charge on any atom is 0.414 e. The van der Waals surface area contributed by atoms with Crippen molar-refractivity contribution in [2.75, 3.05) is 40.4 Å². The number of hydrogen-bond donors (Lipinski definition) is 2. The van der Waals surface area contributed by atoms with E-state index < -0.39 is 11.9 Å². The van der Waals surface area contributed by atoms with E-state index in [9.17, 15) is 4.79 Å².